The first-order valence-corrected chi connectivity index (χ1v) is 6.84. The lowest BCUT2D eigenvalue weighted by Crippen LogP contribution is -2.08. The van der Waals surface area contributed by atoms with Gasteiger partial charge in [-0.2, -0.15) is 0 Å². The molecule has 0 atom stereocenters. The molecule has 0 radical (unpaired) electrons. The van der Waals surface area contributed by atoms with Crippen molar-refractivity contribution in [3.8, 4) is 5.69 Å². The standard InChI is InChI=1S/C13H14N2O2S/c1-3-11-14-7-8-15(11)9-5-4-6-10(18-2)12(9)13(16)17/h4-8H,3H2,1-2H3,(H,16,17). The molecule has 18 heavy (non-hydrogen) atoms. The Morgan fingerprint density at radius 2 is 2.28 bits per heavy atom. The first-order chi connectivity index (χ1) is 8.69. The van der Waals surface area contributed by atoms with Crippen molar-refractivity contribution in [1.29, 1.82) is 0 Å². The molecule has 4 nitrogen and oxygen atoms in total. The molecule has 1 aromatic carbocycles. The zero-order chi connectivity index (χ0) is 13.1. The minimum absolute atomic E-state index is 0.331. The van der Waals surface area contributed by atoms with Gasteiger partial charge in [-0.3, -0.25) is 0 Å². The van der Waals surface area contributed by atoms with Crippen molar-refractivity contribution in [2.75, 3.05) is 6.26 Å². The number of carboxylic acid groups (broad SMARTS) is 1. The maximum Gasteiger partial charge on any atom is 0.338 e. The Bertz CT molecular complexity index is 578. The van der Waals surface area contributed by atoms with Gasteiger partial charge in [0.1, 0.15) is 5.82 Å². The van der Waals surface area contributed by atoms with Crippen LogP contribution in [0.1, 0.15) is 23.1 Å². The van der Waals surface area contributed by atoms with Crippen molar-refractivity contribution in [2.45, 2.75) is 18.2 Å². The Balaban J connectivity index is 2.67. The van der Waals surface area contributed by atoms with Gasteiger partial charge in [0.25, 0.3) is 0 Å². The molecule has 1 aromatic heterocycles. The molecule has 0 spiro atoms. The summed E-state index contributed by atoms with van der Waals surface area (Å²) in [7, 11) is 0. The second kappa shape index (κ2) is 5.27. The van der Waals surface area contributed by atoms with E-state index in [1.165, 1.54) is 11.8 Å². The molecule has 0 aliphatic rings. The third kappa shape index (κ3) is 2.13. The number of rotatable bonds is 4. The number of carbonyl (C=O) groups is 1. The predicted molar refractivity (Wildman–Crippen MR) is 71.7 cm³/mol. The molecule has 0 aliphatic heterocycles. The number of benzene rings is 1. The number of hydrogen-bond acceptors (Lipinski definition) is 3. The fraction of sp³-hybridized carbons (Fsp3) is 0.231. The lowest BCUT2D eigenvalue weighted by Gasteiger charge is -2.12. The van der Waals surface area contributed by atoms with E-state index in [-0.39, 0.29) is 0 Å². The zero-order valence-electron chi connectivity index (χ0n) is 10.3. The molecule has 0 saturated carbocycles. The van der Waals surface area contributed by atoms with Crippen LogP contribution in [-0.4, -0.2) is 26.9 Å². The van der Waals surface area contributed by atoms with Crippen molar-refractivity contribution >= 4 is 17.7 Å². The Labute approximate surface area is 110 Å². The molecule has 2 rings (SSSR count). The van der Waals surface area contributed by atoms with Gasteiger partial charge in [-0.25, -0.2) is 9.78 Å². The van der Waals surface area contributed by atoms with Crippen LogP contribution >= 0.6 is 11.8 Å². The van der Waals surface area contributed by atoms with Gasteiger partial charge in [-0.15, -0.1) is 11.8 Å². The van der Waals surface area contributed by atoms with Gasteiger partial charge in [0.05, 0.1) is 11.3 Å². The highest BCUT2D eigenvalue weighted by atomic mass is 32.2. The molecule has 5 heteroatoms. The molecule has 0 amide bonds. The largest absolute Gasteiger partial charge is 0.478 e. The van der Waals surface area contributed by atoms with E-state index >= 15 is 0 Å². The van der Waals surface area contributed by atoms with Crippen LogP contribution in [0.15, 0.2) is 35.5 Å². The highest BCUT2D eigenvalue weighted by Gasteiger charge is 2.17. The lowest BCUT2D eigenvalue weighted by molar-refractivity contribution is 0.0693. The third-order valence-electron chi connectivity index (χ3n) is 2.73. The summed E-state index contributed by atoms with van der Waals surface area (Å²) in [4.78, 5) is 16.4. The molecule has 0 aliphatic carbocycles. The molecule has 0 fully saturated rings. The van der Waals surface area contributed by atoms with E-state index < -0.39 is 5.97 Å². The van der Waals surface area contributed by atoms with E-state index in [1.807, 2.05) is 35.9 Å². The van der Waals surface area contributed by atoms with Crippen LogP contribution in [-0.2, 0) is 6.42 Å². The third-order valence-corrected chi connectivity index (χ3v) is 3.51. The number of aromatic carboxylic acids is 1. The van der Waals surface area contributed by atoms with E-state index in [4.69, 9.17) is 0 Å². The maximum atomic E-state index is 11.4. The van der Waals surface area contributed by atoms with Crippen LogP contribution < -0.4 is 0 Å². The molecule has 2 aromatic rings. The lowest BCUT2D eigenvalue weighted by atomic mass is 10.1. The first kappa shape index (κ1) is 12.7. The smallest absolute Gasteiger partial charge is 0.338 e. The second-order valence-electron chi connectivity index (χ2n) is 3.73. The van der Waals surface area contributed by atoms with E-state index in [0.29, 0.717) is 11.3 Å². The summed E-state index contributed by atoms with van der Waals surface area (Å²) in [5.74, 6) is -0.0542. The van der Waals surface area contributed by atoms with Crippen LogP contribution in [0.2, 0.25) is 0 Å². The highest BCUT2D eigenvalue weighted by molar-refractivity contribution is 7.98. The summed E-state index contributed by atoms with van der Waals surface area (Å²) in [5, 5.41) is 9.39. The molecule has 94 valence electrons. The minimum atomic E-state index is -0.911. The second-order valence-corrected chi connectivity index (χ2v) is 4.57. The number of imidazole rings is 1. The summed E-state index contributed by atoms with van der Waals surface area (Å²) in [6.07, 6.45) is 6.12. The zero-order valence-corrected chi connectivity index (χ0v) is 11.1. The maximum absolute atomic E-state index is 11.4. The van der Waals surface area contributed by atoms with Gasteiger partial charge in [0.2, 0.25) is 0 Å². The molecule has 0 bridgehead atoms. The predicted octanol–water partition coefficient (Wildman–Crippen LogP) is 2.85. The van der Waals surface area contributed by atoms with Crippen LogP contribution in [0.5, 0.6) is 0 Å². The Morgan fingerprint density at radius 3 is 2.89 bits per heavy atom. The van der Waals surface area contributed by atoms with Gasteiger partial charge in [0, 0.05) is 23.7 Å². The summed E-state index contributed by atoms with van der Waals surface area (Å²) in [6.45, 7) is 2.00. The molecule has 1 N–H and O–H groups in total. The van der Waals surface area contributed by atoms with Crippen LogP contribution in [0.4, 0.5) is 0 Å². The number of aryl methyl sites for hydroxylation is 1. The number of aromatic nitrogens is 2. The monoisotopic (exact) mass is 262 g/mol. The van der Waals surface area contributed by atoms with E-state index in [0.717, 1.165) is 17.1 Å². The van der Waals surface area contributed by atoms with Crippen LogP contribution in [0.3, 0.4) is 0 Å². The van der Waals surface area contributed by atoms with Crippen molar-refractivity contribution in [1.82, 2.24) is 9.55 Å². The fourth-order valence-corrected chi connectivity index (χ4v) is 2.53. The Morgan fingerprint density at radius 1 is 1.50 bits per heavy atom. The van der Waals surface area contributed by atoms with Crippen molar-refractivity contribution < 1.29 is 9.90 Å². The van der Waals surface area contributed by atoms with Crippen molar-refractivity contribution in [3.05, 3.63) is 42.0 Å². The molecule has 0 unspecified atom stereocenters. The normalized spacial score (nSPS) is 10.6. The van der Waals surface area contributed by atoms with E-state index in [1.54, 1.807) is 12.4 Å². The molecular weight excluding hydrogens is 248 g/mol. The van der Waals surface area contributed by atoms with E-state index in [2.05, 4.69) is 4.98 Å². The Hall–Kier alpha value is -1.75. The van der Waals surface area contributed by atoms with Crippen molar-refractivity contribution in [2.24, 2.45) is 0 Å². The quantitative estimate of drug-likeness (QED) is 0.861. The van der Waals surface area contributed by atoms with Crippen LogP contribution in [0, 0.1) is 0 Å². The van der Waals surface area contributed by atoms with Gasteiger partial charge in [-0.05, 0) is 18.4 Å². The minimum Gasteiger partial charge on any atom is -0.478 e. The fourth-order valence-electron chi connectivity index (χ4n) is 1.92. The number of carboxylic acids is 1. The van der Waals surface area contributed by atoms with Crippen molar-refractivity contribution in [3.63, 3.8) is 0 Å². The van der Waals surface area contributed by atoms with Gasteiger partial charge in [-0.1, -0.05) is 13.0 Å². The molecule has 0 saturated heterocycles. The number of thioether (sulfide) groups is 1. The average Bonchev–Trinajstić information content (AvgIpc) is 2.85. The van der Waals surface area contributed by atoms with Gasteiger partial charge >= 0.3 is 5.97 Å². The van der Waals surface area contributed by atoms with Gasteiger partial charge < -0.3 is 9.67 Å². The topological polar surface area (TPSA) is 55.1 Å². The number of nitrogens with zero attached hydrogens (tertiary/aromatic N) is 2. The van der Waals surface area contributed by atoms with Crippen LogP contribution in [0.25, 0.3) is 5.69 Å². The summed E-state index contributed by atoms with van der Waals surface area (Å²) in [5.41, 5.74) is 1.00. The summed E-state index contributed by atoms with van der Waals surface area (Å²) in [6, 6.07) is 5.50. The summed E-state index contributed by atoms with van der Waals surface area (Å²) < 4.78 is 1.84. The summed E-state index contributed by atoms with van der Waals surface area (Å²) >= 11 is 1.43. The number of hydrogen-bond donors (Lipinski definition) is 1. The van der Waals surface area contributed by atoms with Gasteiger partial charge in [0.15, 0.2) is 0 Å². The highest BCUT2D eigenvalue weighted by Crippen LogP contribution is 2.27. The molecular formula is C13H14N2O2S. The van der Waals surface area contributed by atoms with E-state index in [9.17, 15) is 9.90 Å². The molecule has 1 heterocycles. The average molecular weight is 262 g/mol. The first-order valence-electron chi connectivity index (χ1n) is 5.62. The Kier molecular flexibility index (Phi) is 3.72. The SMILES string of the molecule is CCc1nccn1-c1cccc(SC)c1C(=O)O.